The van der Waals surface area contributed by atoms with E-state index in [1.165, 1.54) is 0 Å². The number of halogens is 1. The Balaban J connectivity index is 2.66. The Morgan fingerprint density at radius 1 is 1.31 bits per heavy atom. The molecule has 1 N–H and O–H groups in total. The van der Waals surface area contributed by atoms with Crippen LogP contribution in [0.25, 0.3) is 0 Å². The van der Waals surface area contributed by atoms with E-state index in [0.717, 1.165) is 18.2 Å². The second kappa shape index (κ2) is 6.37. The van der Waals surface area contributed by atoms with Gasteiger partial charge in [-0.25, -0.2) is 13.1 Å². The lowest BCUT2D eigenvalue weighted by molar-refractivity contribution is 0.545. The minimum Gasteiger partial charge on any atom is -0.208 e. The van der Waals surface area contributed by atoms with Gasteiger partial charge in [0.15, 0.2) is 0 Å². The van der Waals surface area contributed by atoms with Crippen LogP contribution in [0.2, 0.25) is 0 Å². The molecular formula is C11H16BrNO2S. The summed E-state index contributed by atoms with van der Waals surface area (Å²) in [5.41, 5.74) is 0. The molecule has 1 unspecified atom stereocenters. The van der Waals surface area contributed by atoms with Crippen LogP contribution in [-0.4, -0.2) is 19.8 Å². The molecule has 3 nitrogen and oxygen atoms in total. The highest BCUT2D eigenvalue weighted by Gasteiger charge is 2.16. The van der Waals surface area contributed by atoms with E-state index in [2.05, 4.69) is 20.7 Å². The first-order valence-electron chi connectivity index (χ1n) is 5.19. The van der Waals surface area contributed by atoms with Crippen LogP contribution in [0.4, 0.5) is 0 Å². The van der Waals surface area contributed by atoms with E-state index >= 15 is 0 Å². The van der Waals surface area contributed by atoms with Gasteiger partial charge in [0, 0.05) is 11.4 Å². The molecule has 0 heterocycles. The van der Waals surface area contributed by atoms with Crippen molar-refractivity contribution in [2.75, 3.05) is 5.33 Å². The second-order valence-corrected chi connectivity index (χ2v) is 6.17. The SMILES string of the molecule is CC(CCCBr)NS(=O)(=O)c1ccccc1. The molecule has 16 heavy (non-hydrogen) atoms. The number of sulfonamides is 1. The molecule has 0 aromatic heterocycles. The van der Waals surface area contributed by atoms with Crippen molar-refractivity contribution >= 4 is 26.0 Å². The number of rotatable bonds is 6. The molecule has 0 amide bonds. The summed E-state index contributed by atoms with van der Waals surface area (Å²) in [6.07, 6.45) is 1.79. The van der Waals surface area contributed by atoms with Gasteiger partial charge in [0.1, 0.15) is 0 Å². The molecule has 0 fully saturated rings. The van der Waals surface area contributed by atoms with Gasteiger partial charge in [0.2, 0.25) is 10.0 Å². The smallest absolute Gasteiger partial charge is 0.208 e. The zero-order chi connectivity index (χ0) is 12.0. The molecule has 1 aromatic carbocycles. The highest BCUT2D eigenvalue weighted by atomic mass is 79.9. The number of nitrogens with one attached hydrogen (secondary N) is 1. The van der Waals surface area contributed by atoms with E-state index in [4.69, 9.17) is 0 Å². The zero-order valence-electron chi connectivity index (χ0n) is 9.19. The van der Waals surface area contributed by atoms with Gasteiger partial charge in [0.05, 0.1) is 4.90 Å². The molecule has 0 radical (unpaired) electrons. The van der Waals surface area contributed by atoms with Crippen molar-refractivity contribution in [3.8, 4) is 0 Å². The van der Waals surface area contributed by atoms with Crippen LogP contribution >= 0.6 is 15.9 Å². The molecule has 0 aliphatic rings. The Labute approximate surface area is 105 Å². The van der Waals surface area contributed by atoms with Gasteiger partial charge in [0.25, 0.3) is 0 Å². The predicted octanol–water partition coefficient (Wildman–Crippen LogP) is 2.53. The van der Waals surface area contributed by atoms with E-state index in [9.17, 15) is 8.42 Å². The minimum atomic E-state index is -3.36. The summed E-state index contributed by atoms with van der Waals surface area (Å²) < 4.78 is 26.4. The Morgan fingerprint density at radius 3 is 2.50 bits per heavy atom. The van der Waals surface area contributed by atoms with Gasteiger partial charge in [-0.1, -0.05) is 34.1 Å². The fourth-order valence-corrected chi connectivity index (χ4v) is 3.00. The normalized spacial score (nSPS) is 13.6. The van der Waals surface area contributed by atoms with E-state index in [1.807, 2.05) is 6.92 Å². The van der Waals surface area contributed by atoms with Crippen LogP contribution in [0.1, 0.15) is 19.8 Å². The summed E-state index contributed by atoms with van der Waals surface area (Å²) in [4.78, 5) is 0.320. The highest BCUT2D eigenvalue weighted by Crippen LogP contribution is 2.09. The maximum absolute atomic E-state index is 11.9. The molecule has 5 heteroatoms. The van der Waals surface area contributed by atoms with Crippen molar-refractivity contribution in [2.45, 2.75) is 30.7 Å². The molecule has 0 spiro atoms. The average molecular weight is 306 g/mol. The van der Waals surface area contributed by atoms with Crippen molar-refractivity contribution in [2.24, 2.45) is 0 Å². The second-order valence-electron chi connectivity index (χ2n) is 3.67. The number of benzene rings is 1. The zero-order valence-corrected chi connectivity index (χ0v) is 11.6. The number of hydrogen-bond acceptors (Lipinski definition) is 2. The Kier molecular flexibility index (Phi) is 5.44. The standard InChI is InChI=1S/C11H16BrNO2S/c1-10(6-5-9-12)13-16(14,15)11-7-3-2-4-8-11/h2-4,7-8,10,13H,5-6,9H2,1H3. The quantitative estimate of drug-likeness (QED) is 0.821. The Morgan fingerprint density at radius 2 is 1.94 bits per heavy atom. The van der Waals surface area contributed by atoms with Crippen LogP contribution in [0, 0.1) is 0 Å². The van der Waals surface area contributed by atoms with E-state index < -0.39 is 10.0 Å². The van der Waals surface area contributed by atoms with E-state index in [1.54, 1.807) is 30.3 Å². The van der Waals surface area contributed by atoms with Crippen molar-refractivity contribution < 1.29 is 8.42 Å². The van der Waals surface area contributed by atoms with Crippen LogP contribution in [0.5, 0.6) is 0 Å². The average Bonchev–Trinajstić information content (AvgIpc) is 2.27. The first-order valence-corrected chi connectivity index (χ1v) is 7.80. The van der Waals surface area contributed by atoms with Crippen LogP contribution in [-0.2, 0) is 10.0 Å². The predicted molar refractivity (Wildman–Crippen MR) is 69.3 cm³/mol. The molecule has 0 aliphatic carbocycles. The van der Waals surface area contributed by atoms with Crippen molar-refractivity contribution in [3.05, 3.63) is 30.3 Å². The molecule has 1 rings (SSSR count). The van der Waals surface area contributed by atoms with Crippen LogP contribution in [0.15, 0.2) is 35.2 Å². The molecule has 1 atom stereocenters. The van der Waals surface area contributed by atoms with Crippen LogP contribution < -0.4 is 4.72 Å². The lowest BCUT2D eigenvalue weighted by Gasteiger charge is -2.13. The van der Waals surface area contributed by atoms with Gasteiger partial charge in [-0.05, 0) is 31.9 Å². The first kappa shape index (κ1) is 13.7. The fraction of sp³-hybridized carbons (Fsp3) is 0.455. The monoisotopic (exact) mass is 305 g/mol. The molecule has 0 aliphatic heterocycles. The molecule has 0 saturated heterocycles. The maximum atomic E-state index is 11.9. The lowest BCUT2D eigenvalue weighted by atomic mass is 10.2. The van der Waals surface area contributed by atoms with Crippen molar-refractivity contribution in [3.63, 3.8) is 0 Å². The summed E-state index contributed by atoms with van der Waals surface area (Å²) in [5.74, 6) is 0. The molecule has 0 saturated carbocycles. The molecule has 90 valence electrons. The summed E-state index contributed by atoms with van der Waals surface area (Å²) >= 11 is 3.33. The van der Waals surface area contributed by atoms with Crippen molar-refractivity contribution in [1.82, 2.24) is 4.72 Å². The third-order valence-electron chi connectivity index (χ3n) is 2.18. The Hall–Kier alpha value is -0.390. The van der Waals surface area contributed by atoms with Crippen molar-refractivity contribution in [1.29, 1.82) is 0 Å². The number of hydrogen-bond donors (Lipinski definition) is 1. The third-order valence-corrected chi connectivity index (χ3v) is 4.35. The molecular weight excluding hydrogens is 290 g/mol. The van der Waals surface area contributed by atoms with Gasteiger partial charge < -0.3 is 0 Å². The molecule has 1 aromatic rings. The lowest BCUT2D eigenvalue weighted by Crippen LogP contribution is -2.32. The Bertz CT molecular complexity index is 405. The summed E-state index contributed by atoms with van der Waals surface area (Å²) in [5, 5.41) is 0.893. The number of alkyl halides is 1. The highest BCUT2D eigenvalue weighted by molar-refractivity contribution is 9.09. The summed E-state index contributed by atoms with van der Waals surface area (Å²) in [6.45, 7) is 1.88. The van der Waals surface area contributed by atoms with Crippen LogP contribution in [0.3, 0.4) is 0 Å². The van der Waals surface area contributed by atoms with Gasteiger partial charge in [-0.3, -0.25) is 0 Å². The van der Waals surface area contributed by atoms with E-state index in [-0.39, 0.29) is 6.04 Å². The minimum absolute atomic E-state index is 0.0391. The first-order chi connectivity index (χ1) is 7.56. The summed E-state index contributed by atoms with van der Waals surface area (Å²) in [7, 11) is -3.36. The van der Waals surface area contributed by atoms with Gasteiger partial charge >= 0.3 is 0 Å². The third kappa shape index (κ3) is 4.23. The summed E-state index contributed by atoms with van der Waals surface area (Å²) in [6, 6.07) is 8.39. The maximum Gasteiger partial charge on any atom is 0.240 e. The van der Waals surface area contributed by atoms with Gasteiger partial charge in [-0.15, -0.1) is 0 Å². The molecule has 0 bridgehead atoms. The largest absolute Gasteiger partial charge is 0.240 e. The van der Waals surface area contributed by atoms with Gasteiger partial charge in [-0.2, -0.15) is 0 Å². The fourth-order valence-electron chi connectivity index (χ4n) is 1.37. The topological polar surface area (TPSA) is 46.2 Å². The van der Waals surface area contributed by atoms with E-state index in [0.29, 0.717) is 4.90 Å².